The Kier molecular flexibility index (Phi) is 5.79. The average molecular weight is 465 g/mol. The summed E-state index contributed by atoms with van der Waals surface area (Å²) in [6, 6.07) is 16.4. The molecule has 0 spiro atoms. The maximum absolute atomic E-state index is 12.0. The van der Waals surface area contributed by atoms with E-state index in [1.165, 1.54) is 6.26 Å². The van der Waals surface area contributed by atoms with E-state index in [0.29, 0.717) is 11.6 Å². The highest BCUT2D eigenvalue weighted by atomic mass is 32.2. The Balaban J connectivity index is 1.37. The van der Waals surface area contributed by atoms with Crippen LogP contribution in [-0.2, 0) is 21.1 Å². The fraction of sp³-hybridized carbons (Fsp3) is 0.261. The van der Waals surface area contributed by atoms with Crippen molar-refractivity contribution >= 4 is 27.1 Å². The van der Waals surface area contributed by atoms with Gasteiger partial charge in [0, 0.05) is 31.5 Å². The van der Waals surface area contributed by atoms with Gasteiger partial charge in [0.25, 0.3) is 0 Å². The van der Waals surface area contributed by atoms with Gasteiger partial charge < -0.3 is 10.1 Å². The Morgan fingerprint density at radius 3 is 2.64 bits per heavy atom. The number of fused-ring (bicyclic) bond motifs is 1. The Labute approximate surface area is 192 Å². The van der Waals surface area contributed by atoms with Gasteiger partial charge >= 0.3 is 0 Å². The van der Waals surface area contributed by atoms with E-state index in [-0.39, 0.29) is 4.90 Å². The van der Waals surface area contributed by atoms with Crippen LogP contribution in [0.15, 0.2) is 65.7 Å². The molecule has 10 heteroatoms. The number of nitrogens with one attached hydrogen (secondary N) is 1. The largest absolute Gasteiger partial charge is 0.379 e. The molecule has 0 saturated carbocycles. The van der Waals surface area contributed by atoms with E-state index >= 15 is 0 Å². The second kappa shape index (κ2) is 8.89. The highest BCUT2D eigenvalue weighted by molar-refractivity contribution is 7.90. The van der Waals surface area contributed by atoms with Crippen LogP contribution in [-0.4, -0.2) is 65.5 Å². The van der Waals surface area contributed by atoms with Gasteiger partial charge in [-0.25, -0.2) is 12.9 Å². The van der Waals surface area contributed by atoms with E-state index in [1.54, 1.807) is 28.9 Å². The third kappa shape index (κ3) is 4.87. The van der Waals surface area contributed by atoms with Crippen LogP contribution in [0.3, 0.4) is 0 Å². The van der Waals surface area contributed by atoms with Crippen molar-refractivity contribution in [3.63, 3.8) is 0 Å². The van der Waals surface area contributed by atoms with Gasteiger partial charge in [-0.2, -0.15) is 4.98 Å². The first kappa shape index (κ1) is 21.5. The van der Waals surface area contributed by atoms with Gasteiger partial charge in [-0.1, -0.05) is 18.2 Å². The molecule has 1 aromatic carbocycles. The van der Waals surface area contributed by atoms with Crippen LogP contribution in [0.2, 0.25) is 0 Å². The van der Waals surface area contributed by atoms with E-state index in [0.717, 1.165) is 55.5 Å². The lowest BCUT2D eigenvalue weighted by Gasteiger charge is -2.26. The first-order valence-corrected chi connectivity index (χ1v) is 12.5. The molecule has 1 saturated heterocycles. The Bertz CT molecular complexity index is 1380. The van der Waals surface area contributed by atoms with E-state index in [2.05, 4.69) is 25.3 Å². The number of hydrogen-bond donors (Lipinski definition) is 1. The van der Waals surface area contributed by atoms with Crippen LogP contribution in [0.5, 0.6) is 0 Å². The molecule has 0 atom stereocenters. The molecule has 0 radical (unpaired) electrons. The summed E-state index contributed by atoms with van der Waals surface area (Å²) in [5.41, 5.74) is 3.93. The average Bonchev–Trinajstić information content (AvgIpc) is 3.23. The summed E-state index contributed by atoms with van der Waals surface area (Å²) in [7, 11) is -3.31. The van der Waals surface area contributed by atoms with Crippen LogP contribution in [0.25, 0.3) is 16.9 Å². The van der Waals surface area contributed by atoms with Crippen molar-refractivity contribution in [2.75, 3.05) is 37.9 Å². The Morgan fingerprint density at radius 2 is 1.88 bits per heavy atom. The number of benzene rings is 1. The summed E-state index contributed by atoms with van der Waals surface area (Å²) in [6.07, 6.45) is 2.97. The monoisotopic (exact) mass is 464 g/mol. The summed E-state index contributed by atoms with van der Waals surface area (Å²) in [4.78, 5) is 11.7. The van der Waals surface area contributed by atoms with Gasteiger partial charge in [0.15, 0.2) is 15.5 Å². The number of aromatic nitrogens is 4. The molecule has 1 aliphatic rings. The number of nitrogens with zero attached hydrogens (tertiary/aromatic N) is 5. The van der Waals surface area contributed by atoms with Gasteiger partial charge in [-0.15, -0.1) is 5.10 Å². The molecule has 9 nitrogen and oxygen atoms in total. The molecule has 4 aromatic rings. The minimum Gasteiger partial charge on any atom is -0.379 e. The van der Waals surface area contributed by atoms with E-state index in [4.69, 9.17) is 4.74 Å². The molecule has 33 heavy (non-hydrogen) atoms. The summed E-state index contributed by atoms with van der Waals surface area (Å²) < 4.78 is 31.0. The highest BCUT2D eigenvalue weighted by Gasteiger charge is 2.14. The minimum absolute atomic E-state index is 0.263. The zero-order chi connectivity index (χ0) is 22.8. The Morgan fingerprint density at radius 1 is 1.06 bits per heavy atom. The zero-order valence-corrected chi connectivity index (χ0v) is 19.0. The zero-order valence-electron chi connectivity index (χ0n) is 18.2. The lowest BCUT2D eigenvalue weighted by atomic mass is 10.1. The lowest BCUT2D eigenvalue weighted by Crippen LogP contribution is -2.35. The standard InChI is InChI=1S/C23H24N6O3S/c1-33(30,31)20-5-2-4-17(14-20)21-6-3-7-22-26-23(27-29(21)22)25-18-8-9-19(24-15-18)16-28-10-12-32-13-11-28/h2-9,14-15H,10-13,16H2,1H3,(H,25,27). The molecule has 5 rings (SSSR count). The van der Waals surface area contributed by atoms with Crippen molar-refractivity contribution in [3.8, 4) is 11.3 Å². The van der Waals surface area contributed by atoms with Crippen molar-refractivity contribution in [1.29, 1.82) is 0 Å². The molecular weight excluding hydrogens is 440 g/mol. The summed E-state index contributed by atoms with van der Waals surface area (Å²) in [5.74, 6) is 0.435. The van der Waals surface area contributed by atoms with Gasteiger partial charge in [0.2, 0.25) is 5.95 Å². The molecule has 4 heterocycles. The molecule has 1 aliphatic heterocycles. The van der Waals surface area contributed by atoms with Crippen molar-refractivity contribution in [3.05, 3.63) is 66.5 Å². The van der Waals surface area contributed by atoms with Crippen molar-refractivity contribution in [2.45, 2.75) is 11.4 Å². The summed E-state index contributed by atoms with van der Waals surface area (Å²) >= 11 is 0. The molecule has 0 amide bonds. The molecule has 170 valence electrons. The fourth-order valence-electron chi connectivity index (χ4n) is 3.77. The smallest absolute Gasteiger partial charge is 0.247 e. The van der Waals surface area contributed by atoms with Gasteiger partial charge in [-0.3, -0.25) is 9.88 Å². The third-order valence-corrected chi connectivity index (χ3v) is 6.60. The number of pyridine rings is 2. The molecule has 3 aromatic heterocycles. The summed E-state index contributed by atoms with van der Waals surface area (Å²) in [5, 5.41) is 7.79. The van der Waals surface area contributed by atoms with Crippen molar-refractivity contribution in [1.82, 2.24) is 24.5 Å². The number of hydrogen-bond acceptors (Lipinski definition) is 8. The second-order valence-electron chi connectivity index (χ2n) is 7.97. The maximum Gasteiger partial charge on any atom is 0.247 e. The summed E-state index contributed by atoms with van der Waals surface area (Å²) in [6.45, 7) is 4.16. The SMILES string of the molecule is CS(=O)(=O)c1cccc(-c2cccc3nc(Nc4ccc(CN5CCOCC5)nc4)nn23)c1. The van der Waals surface area contributed by atoms with Gasteiger partial charge in [0.1, 0.15) is 0 Å². The molecule has 0 aliphatic carbocycles. The molecule has 1 N–H and O–H groups in total. The first-order valence-electron chi connectivity index (χ1n) is 10.6. The van der Waals surface area contributed by atoms with Crippen LogP contribution >= 0.6 is 0 Å². The van der Waals surface area contributed by atoms with Gasteiger partial charge in [-0.05, 0) is 36.4 Å². The first-order chi connectivity index (χ1) is 16.0. The predicted molar refractivity (Wildman–Crippen MR) is 125 cm³/mol. The quantitative estimate of drug-likeness (QED) is 0.465. The van der Waals surface area contributed by atoms with Crippen molar-refractivity contribution in [2.24, 2.45) is 0 Å². The lowest BCUT2D eigenvalue weighted by molar-refractivity contribution is 0.0336. The minimum atomic E-state index is -3.31. The number of rotatable bonds is 6. The molecular formula is C23H24N6O3S. The number of ether oxygens (including phenoxy) is 1. The van der Waals surface area contributed by atoms with Crippen LogP contribution in [0, 0.1) is 0 Å². The highest BCUT2D eigenvalue weighted by Crippen LogP contribution is 2.24. The number of anilines is 2. The van der Waals surface area contributed by atoms with E-state index < -0.39 is 9.84 Å². The predicted octanol–water partition coefficient (Wildman–Crippen LogP) is 2.77. The molecule has 0 bridgehead atoms. The number of sulfone groups is 1. The Hall–Kier alpha value is -3.34. The van der Waals surface area contributed by atoms with Crippen LogP contribution < -0.4 is 5.32 Å². The molecule has 0 unspecified atom stereocenters. The van der Waals surface area contributed by atoms with Crippen LogP contribution in [0.4, 0.5) is 11.6 Å². The van der Waals surface area contributed by atoms with E-state index in [1.807, 2.05) is 36.4 Å². The third-order valence-electron chi connectivity index (χ3n) is 5.49. The normalized spacial score (nSPS) is 15.1. The van der Waals surface area contributed by atoms with Crippen molar-refractivity contribution < 1.29 is 13.2 Å². The topological polar surface area (TPSA) is 102 Å². The van der Waals surface area contributed by atoms with Crippen LogP contribution in [0.1, 0.15) is 5.69 Å². The maximum atomic E-state index is 12.0. The molecule has 1 fully saturated rings. The fourth-order valence-corrected chi connectivity index (χ4v) is 4.44. The number of morpholine rings is 1. The second-order valence-corrected chi connectivity index (χ2v) is 9.98. The van der Waals surface area contributed by atoms with Gasteiger partial charge in [0.05, 0.1) is 41.4 Å². The van der Waals surface area contributed by atoms with E-state index in [9.17, 15) is 8.42 Å².